The van der Waals surface area contributed by atoms with Gasteiger partial charge in [0, 0.05) is 12.4 Å². The van der Waals surface area contributed by atoms with Crippen molar-refractivity contribution < 1.29 is 4.79 Å². The minimum Gasteiger partial charge on any atom is -0.358 e. The SMILES string of the molecule is O=C=Nc1c[nH]c2cccnc12. The maximum Gasteiger partial charge on any atom is 0.240 e. The Morgan fingerprint density at radius 3 is 3.33 bits per heavy atom. The number of hydrogen-bond acceptors (Lipinski definition) is 3. The lowest BCUT2D eigenvalue weighted by Gasteiger charge is -1.85. The number of rotatable bonds is 1. The summed E-state index contributed by atoms with van der Waals surface area (Å²) >= 11 is 0. The van der Waals surface area contributed by atoms with Gasteiger partial charge < -0.3 is 4.98 Å². The molecule has 0 aliphatic carbocycles. The summed E-state index contributed by atoms with van der Waals surface area (Å²) < 4.78 is 0. The van der Waals surface area contributed by atoms with E-state index in [0.717, 1.165) is 5.52 Å². The third kappa shape index (κ3) is 0.909. The van der Waals surface area contributed by atoms with Gasteiger partial charge in [-0.15, -0.1) is 0 Å². The van der Waals surface area contributed by atoms with Gasteiger partial charge in [-0.05, 0) is 12.1 Å². The van der Waals surface area contributed by atoms with Gasteiger partial charge in [0.2, 0.25) is 6.08 Å². The number of pyridine rings is 1. The standard InChI is InChI=1S/C8H5N3O/c12-5-11-7-4-10-6-2-1-3-9-8(6)7/h1-4,10H. The molecule has 58 valence electrons. The lowest BCUT2D eigenvalue weighted by molar-refractivity contribution is 0.565. The molecule has 1 N–H and O–H groups in total. The molecule has 0 atom stereocenters. The maximum atomic E-state index is 9.98. The van der Waals surface area contributed by atoms with Crippen LogP contribution in [-0.4, -0.2) is 16.0 Å². The summed E-state index contributed by atoms with van der Waals surface area (Å²) in [6.45, 7) is 0. The molecule has 12 heavy (non-hydrogen) atoms. The summed E-state index contributed by atoms with van der Waals surface area (Å²) in [5, 5.41) is 0. The maximum absolute atomic E-state index is 9.98. The molecule has 0 saturated carbocycles. The van der Waals surface area contributed by atoms with Crippen LogP contribution in [0.25, 0.3) is 11.0 Å². The summed E-state index contributed by atoms with van der Waals surface area (Å²) in [7, 11) is 0. The van der Waals surface area contributed by atoms with Gasteiger partial charge in [-0.1, -0.05) is 0 Å². The first-order valence-electron chi connectivity index (χ1n) is 3.42. The Balaban J connectivity index is 2.78. The summed E-state index contributed by atoms with van der Waals surface area (Å²) in [5.41, 5.74) is 2.09. The molecule has 0 amide bonds. The summed E-state index contributed by atoms with van der Waals surface area (Å²) in [4.78, 5) is 20.5. The predicted molar refractivity (Wildman–Crippen MR) is 43.9 cm³/mol. The van der Waals surface area contributed by atoms with Crippen LogP contribution in [0.1, 0.15) is 0 Å². The molecule has 0 aliphatic rings. The first-order valence-corrected chi connectivity index (χ1v) is 3.42. The van der Waals surface area contributed by atoms with Crippen LogP contribution in [0, 0.1) is 0 Å². The highest BCUT2D eigenvalue weighted by molar-refractivity contribution is 5.87. The molecule has 2 rings (SSSR count). The van der Waals surface area contributed by atoms with E-state index in [0.29, 0.717) is 11.2 Å². The van der Waals surface area contributed by atoms with Crippen molar-refractivity contribution in [2.75, 3.05) is 0 Å². The molecular weight excluding hydrogens is 154 g/mol. The van der Waals surface area contributed by atoms with Crippen LogP contribution in [0.5, 0.6) is 0 Å². The van der Waals surface area contributed by atoms with Gasteiger partial charge >= 0.3 is 0 Å². The van der Waals surface area contributed by atoms with E-state index in [2.05, 4.69) is 15.0 Å². The Morgan fingerprint density at radius 1 is 1.58 bits per heavy atom. The van der Waals surface area contributed by atoms with Crippen LogP contribution in [0.4, 0.5) is 5.69 Å². The van der Waals surface area contributed by atoms with E-state index < -0.39 is 0 Å². The fourth-order valence-corrected chi connectivity index (χ4v) is 1.07. The third-order valence-corrected chi connectivity index (χ3v) is 1.58. The van der Waals surface area contributed by atoms with Gasteiger partial charge in [-0.3, -0.25) is 4.98 Å². The highest BCUT2D eigenvalue weighted by atomic mass is 16.1. The van der Waals surface area contributed by atoms with Gasteiger partial charge in [0.05, 0.1) is 5.52 Å². The van der Waals surface area contributed by atoms with E-state index in [1.165, 1.54) is 6.08 Å². The van der Waals surface area contributed by atoms with Crippen molar-refractivity contribution in [3.63, 3.8) is 0 Å². The molecule has 2 heterocycles. The molecule has 0 radical (unpaired) electrons. The average molecular weight is 159 g/mol. The Labute approximate surface area is 68.0 Å². The molecule has 0 fully saturated rings. The van der Waals surface area contributed by atoms with Crippen LogP contribution in [0.3, 0.4) is 0 Å². The summed E-state index contributed by atoms with van der Waals surface area (Å²) in [6.07, 6.45) is 4.76. The van der Waals surface area contributed by atoms with Crippen LogP contribution >= 0.6 is 0 Å². The van der Waals surface area contributed by atoms with E-state index in [1.54, 1.807) is 12.4 Å². The normalized spacial score (nSPS) is 9.67. The van der Waals surface area contributed by atoms with Crippen molar-refractivity contribution >= 4 is 22.8 Å². The van der Waals surface area contributed by atoms with Gasteiger partial charge in [0.1, 0.15) is 11.2 Å². The minimum absolute atomic E-state index is 0.528. The molecule has 0 unspecified atom stereocenters. The topological polar surface area (TPSA) is 58.1 Å². The molecule has 0 bridgehead atoms. The fourth-order valence-electron chi connectivity index (χ4n) is 1.07. The molecule has 4 heteroatoms. The molecule has 0 aromatic carbocycles. The van der Waals surface area contributed by atoms with Crippen LogP contribution < -0.4 is 0 Å². The van der Waals surface area contributed by atoms with Crippen molar-refractivity contribution in [3.8, 4) is 0 Å². The largest absolute Gasteiger partial charge is 0.358 e. The quantitative estimate of drug-likeness (QED) is 0.506. The van der Waals surface area contributed by atoms with Crippen molar-refractivity contribution in [3.05, 3.63) is 24.5 Å². The Morgan fingerprint density at radius 2 is 2.50 bits per heavy atom. The van der Waals surface area contributed by atoms with E-state index in [4.69, 9.17) is 0 Å². The van der Waals surface area contributed by atoms with Crippen molar-refractivity contribution in [1.29, 1.82) is 0 Å². The Bertz CT molecular complexity index is 454. The number of nitrogens with zero attached hydrogens (tertiary/aromatic N) is 2. The number of aliphatic imine (C=N–C) groups is 1. The molecule has 4 nitrogen and oxygen atoms in total. The fraction of sp³-hybridized carbons (Fsp3) is 0. The van der Waals surface area contributed by atoms with Gasteiger partial charge in [0.15, 0.2) is 0 Å². The zero-order chi connectivity index (χ0) is 8.39. The van der Waals surface area contributed by atoms with E-state index in [1.807, 2.05) is 12.1 Å². The number of fused-ring (bicyclic) bond motifs is 1. The van der Waals surface area contributed by atoms with E-state index in [-0.39, 0.29) is 0 Å². The minimum atomic E-state index is 0.528. The average Bonchev–Trinajstić information content (AvgIpc) is 2.50. The van der Waals surface area contributed by atoms with Gasteiger partial charge in [-0.25, -0.2) is 4.79 Å². The number of H-pyrrole nitrogens is 1. The first kappa shape index (κ1) is 6.76. The lowest BCUT2D eigenvalue weighted by Crippen LogP contribution is -1.70. The molecule has 0 aliphatic heterocycles. The zero-order valence-electron chi connectivity index (χ0n) is 6.11. The molecule has 0 saturated heterocycles. The first-order chi connectivity index (χ1) is 5.92. The number of carbonyl (C=O) groups excluding carboxylic acids is 1. The van der Waals surface area contributed by atoms with Crippen molar-refractivity contribution in [1.82, 2.24) is 9.97 Å². The second-order valence-corrected chi connectivity index (χ2v) is 2.28. The Kier molecular flexibility index (Phi) is 1.47. The van der Waals surface area contributed by atoms with E-state index in [9.17, 15) is 4.79 Å². The number of isocyanates is 1. The molecule has 0 spiro atoms. The second-order valence-electron chi connectivity index (χ2n) is 2.28. The number of aromatic amines is 1. The summed E-state index contributed by atoms with van der Waals surface area (Å²) in [5.74, 6) is 0. The molecule has 2 aromatic rings. The monoisotopic (exact) mass is 159 g/mol. The highest BCUT2D eigenvalue weighted by Gasteiger charge is 2.00. The second kappa shape index (κ2) is 2.60. The number of nitrogens with one attached hydrogen (secondary N) is 1. The van der Waals surface area contributed by atoms with Crippen LogP contribution in [0.2, 0.25) is 0 Å². The van der Waals surface area contributed by atoms with Gasteiger partial charge in [0.25, 0.3) is 0 Å². The van der Waals surface area contributed by atoms with Crippen molar-refractivity contribution in [2.24, 2.45) is 4.99 Å². The van der Waals surface area contributed by atoms with Crippen LogP contribution in [-0.2, 0) is 4.79 Å². The van der Waals surface area contributed by atoms with Crippen LogP contribution in [0.15, 0.2) is 29.5 Å². The predicted octanol–water partition coefficient (Wildman–Crippen LogP) is 1.53. The summed E-state index contributed by atoms with van der Waals surface area (Å²) in [6, 6.07) is 3.68. The zero-order valence-corrected chi connectivity index (χ0v) is 6.11. The van der Waals surface area contributed by atoms with Crippen molar-refractivity contribution in [2.45, 2.75) is 0 Å². The van der Waals surface area contributed by atoms with Gasteiger partial charge in [-0.2, -0.15) is 4.99 Å². The Hall–Kier alpha value is -1.93. The number of hydrogen-bond donors (Lipinski definition) is 1. The lowest BCUT2D eigenvalue weighted by atomic mass is 10.4. The highest BCUT2D eigenvalue weighted by Crippen LogP contribution is 2.21. The molecular formula is C8H5N3O. The number of aromatic nitrogens is 2. The third-order valence-electron chi connectivity index (χ3n) is 1.58. The van der Waals surface area contributed by atoms with E-state index >= 15 is 0 Å². The molecule has 2 aromatic heterocycles. The smallest absolute Gasteiger partial charge is 0.240 e.